The molecule has 0 heterocycles. The third-order valence-electron chi connectivity index (χ3n) is 1.97. The molecule has 0 aromatic rings. The Morgan fingerprint density at radius 1 is 1.33 bits per heavy atom. The molecule has 2 N–H and O–H groups in total. The van der Waals surface area contributed by atoms with Crippen LogP contribution < -0.4 is 5.73 Å². The summed E-state index contributed by atoms with van der Waals surface area (Å²) in [5, 5.41) is 0. The lowest BCUT2D eigenvalue weighted by Gasteiger charge is -2.26. The van der Waals surface area contributed by atoms with Gasteiger partial charge >= 0.3 is 1.43 Å². The molecule has 5 nitrogen and oxygen atoms in total. The molecule has 0 aromatic carbocycles. The van der Waals surface area contributed by atoms with Crippen molar-refractivity contribution in [1.82, 2.24) is 0 Å². The van der Waals surface area contributed by atoms with Gasteiger partial charge in [-0.15, -0.1) is 0 Å². The van der Waals surface area contributed by atoms with Gasteiger partial charge in [-0.1, -0.05) is 0 Å². The highest BCUT2D eigenvalue weighted by molar-refractivity contribution is 7.80. The summed E-state index contributed by atoms with van der Waals surface area (Å²) < 4.78 is 34.8. The lowest BCUT2D eigenvalue weighted by atomic mass is 9.94. The maximum atomic E-state index is 10.2. The van der Waals surface area contributed by atoms with Crippen molar-refractivity contribution in [1.29, 1.82) is 0 Å². The van der Waals surface area contributed by atoms with Crippen LogP contribution in [0.3, 0.4) is 0 Å². The number of nitrogens with two attached hydrogens (primary N) is 1. The largest absolute Gasteiger partial charge is 1.00 e. The molecule has 12 heavy (non-hydrogen) atoms. The van der Waals surface area contributed by atoms with E-state index in [1.807, 2.05) is 0 Å². The van der Waals surface area contributed by atoms with Crippen LogP contribution in [0.1, 0.15) is 27.1 Å². The van der Waals surface area contributed by atoms with E-state index in [-0.39, 0.29) is 7.47 Å². The Morgan fingerprint density at radius 2 is 1.83 bits per heavy atom. The van der Waals surface area contributed by atoms with Crippen LogP contribution in [0.4, 0.5) is 0 Å². The highest BCUT2D eigenvalue weighted by atomic mass is 32.3. The first-order valence-corrected chi connectivity index (χ1v) is 5.20. The van der Waals surface area contributed by atoms with Crippen molar-refractivity contribution in [2.24, 2.45) is 5.73 Å². The third kappa shape index (κ3) is 3.48. The predicted octanol–water partition coefficient (Wildman–Crippen LogP) is -0.154. The van der Waals surface area contributed by atoms with E-state index in [2.05, 4.69) is 4.18 Å². The average molecular weight is 195 g/mol. The van der Waals surface area contributed by atoms with Crippen LogP contribution in [0.2, 0.25) is 0 Å². The van der Waals surface area contributed by atoms with E-state index in [1.54, 1.807) is 0 Å². The molecule has 0 saturated heterocycles. The Hall–Kier alpha value is -0.170. The van der Waals surface area contributed by atoms with Gasteiger partial charge in [-0.25, -0.2) is 8.42 Å². The zero-order valence-electron chi connectivity index (χ0n) is 7.60. The van der Waals surface area contributed by atoms with Crippen LogP contribution in [-0.4, -0.2) is 25.1 Å². The lowest BCUT2D eigenvalue weighted by molar-refractivity contribution is 0.133. The van der Waals surface area contributed by atoms with Crippen LogP contribution in [0.5, 0.6) is 0 Å². The van der Waals surface area contributed by atoms with Gasteiger partial charge in [0.2, 0.25) is 10.4 Å². The van der Waals surface area contributed by atoms with Gasteiger partial charge in [0.25, 0.3) is 0 Å². The molecule has 72 valence electrons. The molecule has 0 aromatic heterocycles. The minimum Gasteiger partial charge on any atom is -0.726 e. The Kier molecular flexibility index (Phi) is 3.05. The summed E-state index contributed by atoms with van der Waals surface area (Å²) >= 11 is 0. The molecule has 6 heteroatoms. The van der Waals surface area contributed by atoms with Crippen molar-refractivity contribution in [3.05, 3.63) is 0 Å². The summed E-state index contributed by atoms with van der Waals surface area (Å²) in [6.45, 7) is 0. The average Bonchev–Trinajstić information content (AvgIpc) is 1.91. The lowest BCUT2D eigenvalue weighted by Crippen LogP contribution is -2.31. The molecular formula is C6H13NO4S. The molecule has 1 fully saturated rings. The summed E-state index contributed by atoms with van der Waals surface area (Å²) in [4.78, 5) is 0. The fourth-order valence-electron chi connectivity index (χ4n) is 1.35. The van der Waals surface area contributed by atoms with Crippen LogP contribution in [0.15, 0.2) is 0 Å². The molecule has 0 amide bonds. The standard InChI is InChI=1S/C6H13NO4S/c7-5-1-3-6(4-2-5)11-12(8,9)10/h5-6H,1-4,7H2,(H,8,9,10). The molecule has 0 bridgehead atoms. The van der Waals surface area contributed by atoms with E-state index in [0.717, 1.165) is 12.8 Å². The first-order chi connectivity index (χ1) is 5.47. The zero-order valence-corrected chi connectivity index (χ0v) is 7.42. The zero-order chi connectivity index (χ0) is 9.19. The van der Waals surface area contributed by atoms with E-state index >= 15 is 0 Å². The monoisotopic (exact) mass is 195 g/mol. The summed E-state index contributed by atoms with van der Waals surface area (Å²) in [7, 11) is -4.53. The maximum Gasteiger partial charge on any atom is 1.00 e. The van der Waals surface area contributed by atoms with E-state index in [1.165, 1.54) is 0 Å². The van der Waals surface area contributed by atoms with Gasteiger partial charge in [0, 0.05) is 6.04 Å². The normalized spacial score (nSPS) is 31.8. The number of hydrogen-bond acceptors (Lipinski definition) is 5. The minimum atomic E-state index is -4.53. The van der Waals surface area contributed by atoms with Gasteiger partial charge in [0.15, 0.2) is 0 Å². The van der Waals surface area contributed by atoms with E-state index < -0.39 is 16.5 Å². The van der Waals surface area contributed by atoms with Crippen LogP contribution >= 0.6 is 0 Å². The number of rotatable bonds is 2. The van der Waals surface area contributed by atoms with Gasteiger partial charge < -0.3 is 10.3 Å². The Bertz CT molecular complexity index is 235. The van der Waals surface area contributed by atoms with E-state index in [9.17, 15) is 13.0 Å². The van der Waals surface area contributed by atoms with E-state index in [0.29, 0.717) is 12.8 Å². The van der Waals surface area contributed by atoms with Crippen molar-refractivity contribution >= 4 is 10.4 Å². The molecule has 1 aliphatic carbocycles. The van der Waals surface area contributed by atoms with Crippen molar-refractivity contribution in [3.8, 4) is 0 Å². The van der Waals surface area contributed by atoms with E-state index in [4.69, 9.17) is 5.73 Å². The molecule has 0 aliphatic heterocycles. The van der Waals surface area contributed by atoms with Gasteiger partial charge in [0.1, 0.15) is 0 Å². The molecule has 1 saturated carbocycles. The Labute approximate surface area is 73.3 Å². The van der Waals surface area contributed by atoms with Gasteiger partial charge in [0.05, 0.1) is 6.10 Å². The Morgan fingerprint density at radius 3 is 2.25 bits per heavy atom. The smallest absolute Gasteiger partial charge is 0.726 e. The minimum absolute atomic E-state index is 0. The number of hydrogen-bond donors (Lipinski definition) is 1. The van der Waals surface area contributed by atoms with Crippen molar-refractivity contribution < 1.29 is 18.6 Å². The van der Waals surface area contributed by atoms with Gasteiger partial charge in [-0.2, -0.15) is 0 Å². The predicted molar refractivity (Wildman–Crippen MR) is 42.1 cm³/mol. The second kappa shape index (κ2) is 3.69. The first-order valence-electron chi connectivity index (χ1n) is 3.87. The van der Waals surface area contributed by atoms with Crippen LogP contribution in [-0.2, 0) is 14.6 Å². The summed E-state index contributed by atoms with van der Waals surface area (Å²) in [5.41, 5.74) is 5.58. The maximum absolute atomic E-state index is 10.2. The van der Waals surface area contributed by atoms with Crippen LogP contribution in [0.25, 0.3) is 0 Å². The summed E-state index contributed by atoms with van der Waals surface area (Å²) in [5.74, 6) is 0. The third-order valence-corrected chi connectivity index (χ3v) is 2.48. The molecule has 0 radical (unpaired) electrons. The molecule has 1 aliphatic rings. The molecule has 1 rings (SSSR count). The first kappa shape index (κ1) is 9.91. The van der Waals surface area contributed by atoms with Crippen molar-refractivity contribution in [3.63, 3.8) is 0 Å². The highest BCUT2D eigenvalue weighted by Crippen LogP contribution is 2.20. The Balaban J connectivity index is 0.00000144. The summed E-state index contributed by atoms with van der Waals surface area (Å²) in [6.07, 6.45) is 2.11. The summed E-state index contributed by atoms with van der Waals surface area (Å²) in [6, 6.07) is 0.124. The quantitative estimate of drug-likeness (QED) is 0.488. The second-order valence-corrected chi connectivity index (χ2v) is 4.05. The van der Waals surface area contributed by atoms with Crippen molar-refractivity contribution in [2.45, 2.75) is 37.8 Å². The topological polar surface area (TPSA) is 92.5 Å². The van der Waals surface area contributed by atoms with Crippen LogP contribution in [0, 0.1) is 0 Å². The second-order valence-electron chi connectivity index (χ2n) is 3.04. The molecule has 0 unspecified atom stereocenters. The molecule has 0 spiro atoms. The van der Waals surface area contributed by atoms with Gasteiger partial charge in [-0.05, 0) is 25.7 Å². The molecular weight excluding hydrogens is 182 g/mol. The fraction of sp³-hybridized carbons (Fsp3) is 1.00. The van der Waals surface area contributed by atoms with Crippen molar-refractivity contribution in [2.75, 3.05) is 0 Å². The molecule has 0 atom stereocenters. The highest BCUT2D eigenvalue weighted by Gasteiger charge is 2.20. The fourth-order valence-corrected chi connectivity index (χ4v) is 1.88. The SMILES string of the molecule is NC1CCC(OS(=O)(=O)[O-])CC1.[H+]. The van der Waals surface area contributed by atoms with Gasteiger partial charge in [-0.3, -0.25) is 4.18 Å².